The highest BCUT2D eigenvalue weighted by Gasteiger charge is 2.62. The molecule has 0 aromatic heterocycles. The van der Waals surface area contributed by atoms with Gasteiger partial charge in [0.2, 0.25) is 11.8 Å². The lowest BCUT2D eigenvalue weighted by atomic mass is 9.62. The number of rotatable bonds is 2. The van der Waals surface area contributed by atoms with E-state index in [1.165, 1.54) is 0 Å². The number of amides is 2. The van der Waals surface area contributed by atoms with Gasteiger partial charge in [-0.05, 0) is 49.2 Å². The summed E-state index contributed by atoms with van der Waals surface area (Å²) in [5, 5.41) is 3.19. The maximum Gasteiger partial charge on any atom is 0.243 e. The van der Waals surface area contributed by atoms with Gasteiger partial charge in [-0.15, -0.1) is 0 Å². The van der Waals surface area contributed by atoms with E-state index in [4.69, 9.17) is 4.74 Å². The Labute approximate surface area is 166 Å². The van der Waals surface area contributed by atoms with E-state index in [-0.39, 0.29) is 29.8 Å². The molecule has 0 radical (unpaired) electrons. The molecule has 1 aromatic rings. The van der Waals surface area contributed by atoms with Gasteiger partial charge in [-0.2, -0.15) is 0 Å². The Bertz CT molecular complexity index is 807. The van der Waals surface area contributed by atoms with Gasteiger partial charge in [-0.3, -0.25) is 9.59 Å². The summed E-state index contributed by atoms with van der Waals surface area (Å²) in [5.74, 6) is 1.27. The molecule has 0 unspecified atom stereocenters. The van der Waals surface area contributed by atoms with Crippen LogP contribution in [0, 0.1) is 17.8 Å². The minimum absolute atomic E-state index is 0.00164. The second-order valence-corrected chi connectivity index (χ2v) is 8.95. The van der Waals surface area contributed by atoms with Crippen LogP contribution in [0.4, 0.5) is 0 Å². The summed E-state index contributed by atoms with van der Waals surface area (Å²) in [6, 6.07) is 10.4. The third-order valence-electron chi connectivity index (χ3n) is 7.25. The Kier molecular flexibility index (Phi) is 4.31. The molecule has 28 heavy (non-hydrogen) atoms. The van der Waals surface area contributed by atoms with Crippen LogP contribution < -0.4 is 5.32 Å². The van der Waals surface area contributed by atoms with Crippen molar-refractivity contribution in [3.63, 3.8) is 0 Å². The van der Waals surface area contributed by atoms with Crippen molar-refractivity contribution in [2.75, 3.05) is 6.61 Å². The van der Waals surface area contributed by atoms with Crippen molar-refractivity contribution < 1.29 is 14.3 Å². The van der Waals surface area contributed by atoms with E-state index >= 15 is 0 Å². The van der Waals surface area contributed by atoms with Crippen molar-refractivity contribution in [1.82, 2.24) is 10.2 Å². The molecule has 5 rings (SSSR count). The van der Waals surface area contributed by atoms with E-state index in [1.807, 2.05) is 24.3 Å². The van der Waals surface area contributed by atoms with Crippen LogP contribution in [0.15, 0.2) is 42.5 Å². The molecule has 2 amide bonds. The molecule has 1 N–H and O–H groups in total. The largest absolute Gasteiger partial charge is 0.353 e. The van der Waals surface area contributed by atoms with Crippen molar-refractivity contribution in [3.05, 3.63) is 48.0 Å². The van der Waals surface area contributed by atoms with Crippen LogP contribution in [0.5, 0.6) is 0 Å². The zero-order valence-corrected chi connectivity index (χ0v) is 16.3. The van der Waals surface area contributed by atoms with E-state index in [0.29, 0.717) is 24.9 Å². The van der Waals surface area contributed by atoms with Crippen LogP contribution in [-0.4, -0.2) is 35.1 Å². The lowest BCUT2D eigenvalue weighted by Gasteiger charge is -2.56. The van der Waals surface area contributed by atoms with Crippen molar-refractivity contribution in [2.24, 2.45) is 17.8 Å². The smallest absolute Gasteiger partial charge is 0.243 e. The molecule has 1 spiro atoms. The van der Waals surface area contributed by atoms with Gasteiger partial charge in [0.1, 0.15) is 5.72 Å². The first-order valence-electron chi connectivity index (χ1n) is 10.6. The monoisotopic (exact) mass is 380 g/mol. The quantitative estimate of drug-likeness (QED) is 0.857. The minimum Gasteiger partial charge on any atom is -0.353 e. The highest BCUT2D eigenvalue weighted by molar-refractivity contribution is 5.88. The fraction of sp³-hybridized carbons (Fsp3) is 0.565. The van der Waals surface area contributed by atoms with Gasteiger partial charge in [0, 0.05) is 18.4 Å². The van der Waals surface area contributed by atoms with E-state index in [0.717, 1.165) is 31.2 Å². The predicted octanol–water partition coefficient (Wildman–Crippen LogP) is 3.18. The highest BCUT2D eigenvalue weighted by atomic mass is 16.5. The van der Waals surface area contributed by atoms with Gasteiger partial charge >= 0.3 is 0 Å². The minimum atomic E-state index is -0.524. The van der Waals surface area contributed by atoms with E-state index in [2.05, 4.69) is 29.3 Å². The molecule has 1 aliphatic carbocycles. The molecule has 6 atom stereocenters. The highest BCUT2D eigenvalue weighted by Crippen LogP contribution is 2.56. The standard InChI is InChI=1S/C23H28N2O3/c1-15-12-17(19-8-5-9-21(26)24-19)18-10-11-22(27)25-20(14-28-23(18,25)13-15)16-6-3-2-4-7-16/h2-7,9,15,17-20H,8,10-14H2,1H3,(H,24,26)/t15-,17-,18+,19+,20+,23+/m1/s1. The fourth-order valence-electron chi connectivity index (χ4n) is 6.25. The molecule has 148 valence electrons. The van der Waals surface area contributed by atoms with Crippen LogP contribution >= 0.6 is 0 Å². The first-order chi connectivity index (χ1) is 13.6. The zero-order chi connectivity index (χ0) is 19.3. The topological polar surface area (TPSA) is 58.6 Å². The number of piperidine rings is 1. The summed E-state index contributed by atoms with van der Waals surface area (Å²) in [5.41, 5.74) is 0.626. The zero-order valence-electron chi connectivity index (χ0n) is 16.3. The molecule has 3 aliphatic heterocycles. The van der Waals surface area contributed by atoms with Crippen LogP contribution in [0.3, 0.4) is 0 Å². The molecule has 5 nitrogen and oxygen atoms in total. The van der Waals surface area contributed by atoms with E-state index in [1.54, 1.807) is 6.08 Å². The average Bonchev–Trinajstić information content (AvgIpc) is 3.08. The fourth-order valence-corrected chi connectivity index (χ4v) is 6.25. The summed E-state index contributed by atoms with van der Waals surface area (Å²) >= 11 is 0. The summed E-state index contributed by atoms with van der Waals surface area (Å²) < 4.78 is 6.58. The number of carbonyl (C=O) groups excluding carboxylic acids is 2. The number of carbonyl (C=O) groups is 2. The summed E-state index contributed by atoms with van der Waals surface area (Å²) in [7, 11) is 0. The number of hydrogen-bond acceptors (Lipinski definition) is 3. The van der Waals surface area contributed by atoms with Gasteiger partial charge in [0.05, 0.1) is 12.6 Å². The molecular formula is C23H28N2O3. The molecule has 2 saturated heterocycles. The van der Waals surface area contributed by atoms with Crippen LogP contribution in [-0.2, 0) is 14.3 Å². The molecule has 4 aliphatic rings. The van der Waals surface area contributed by atoms with Gasteiger partial charge in [0.15, 0.2) is 0 Å². The molecule has 1 saturated carbocycles. The normalized spacial score (nSPS) is 40.0. The Hall–Kier alpha value is -2.14. The first-order valence-corrected chi connectivity index (χ1v) is 10.6. The molecular weight excluding hydrogens is 352 g/mol. The number of ether oxygens (including phenoxy) is 1. The van der Waals surface area contributed by atoms with Gasteiger partial charge in [-0.25, -0.2) is 0 Å². The van der Waals surface area contributed by atoms with Gasteiger partial charge in [-0.1, -0.05) is 43.3 Å². The van der Waals surface area contributed by atoms with Crippen molar-refractivity contribution >= 4 is 11.8 Å². The molecule has 3 heterocycles. The molecule has 1 aromatic carbocycles. The van der Waals surface area contributed by atoms with Crippen molar-refractivity contribution in [1.29, 1.82) is 0 Å². The van der Waals surface area contributed by atoms with Crippen molar-refractivity contribution in [3.8, 4) is 0 Å². The molecule has 0 bridgehead atoms. The Balaban J connectivity index is 1.52. The number of nitrogens with one attached hydrogen (secondary N) is 1. The van der Waals surface area contributed by atoms with Gasteiger partial charge < -0.3 is 15.0 Å². The lowest BCUT2D eigenvalue weighted by molar-refractivity contribution is -0.204. The first kappa shape index (κ1) is 17.9. The predicted molar refractivity (Wildman–Crippen MR) is 105 cm³/mol. The number of nitrogens with zero attached hydrogens (tertiary/aromatic N) is 1. The maximum atomic E-state index is 13.1. The number of hydrogen-bond donors (Lipinski definition) is 1. The van der Waals surface area contributed by atoms with E-state index < -0.39 is 5.72 Å². The maximum absolute atomic E-state index is 13.1. The average molecular weight is 380 g/mol. The third-order valence-corrected chi connectivity index (χ3v) is 7.25. The van der Waals surface area contributed by atoms with Crippen LogP contribution in [0.1, 0.15) is 50.6 Å². The molecule has 3 fully saturated rings. The molecule has 5 heteroatoms. The summed E-state index contributed by atoms with van der Waals surface area (Å²) in [4.78, 5) is 27.2. The lowest BCUT2D eigenvalue weighted by Crippen LogP contribution is -2.64. The van der Waals surface area contributed by atoms with Crippen molar-refractivity contribution in [2.45, 2.75) is 56.8 Å². The van der Waals surface area contributed by atoms with E-state index in [9.17, 15) is 9.59 Å². The summed E-state index contributed by atoms with van der Waals surface area (Å²) in [6.45, 7) is 2.82. The van der Waals surface area contributed by atoms with Crippen LogP contribution in [0.2, 0.25) is 0 Å². The summed E-state index contributed by atoms with van der Waals surface area (Å²) in [6.07, 6.45) is 7.87. The number of benzene rings is 1. The van der Waals surface area contributed by atoms with Gasteiger partial charge in [0.25, 0.3) is 0 Å². The SMILES string of the molecule is C[C@@H]1C[C@@H]([C@@H]2CC=CC(=O)N2)[C@@H]2CCC(=O)N3[C@H](c4ccccc4)CO[C@@]23C1. The Morgan fingerprint density at radius 1 is 1.21 bits per heavy atom. The van der Waals surface area contributed by atoms with Crippen LogP contribution in [0.25, 0.3) is 0 Å². The third kappa shape index (κ3) is 2.71. The second-order valence-electron chi connectivity index (χ2n) is 8.95. The second kappa shape index (κ2) is 6.73. The Morgan fingerprint density at radius 3 is 2.82 bits per heavy atom. The Morgan fingerprint density at radius 2 is 2.04 bits per heavy atom.